The number of Topliss-reactive ketones (excluding diaryl/α,β-unsaturated/α-hetero) is 3. The summed E-state index contributed by atoms with van der Waals surface area (Å²) >= 11 is 0. The van der Waals surface area contributed by atoms with E-state index in [0.717, 1.165) is 24.8 Å². The number of nitrogens with zero attached hydrogens (tertiary/aromatic N) is 5. The van der Waals surface area contributed by atoms with Crippen molar-refractivity contribution in [2.24, 2.45) is 35.5 Å². The van der Waals surface area contributed by atoms with Gasteiger partial charge < -0.3 is 38.8 Å². The molecule has 0 spiro atoms. The zero-order valence-corrected chi connectivity index (χ0v) is 43.2. The van der Waals surface area contributed by atoms with Gasteiger partial charge in [-0.1, -0.05) is 71.1 Å². The third kappa shape index (κ3) is 14.5. The summed E-state index contributed by atoms with van der Waals surface area (Å²) < 4.78 is 29.9. The van der Waals surface area contributed by atoms with Gasteiger partial charge in [0.15, 0.2) is 17.9 Å². The van der Waals surface area contributed by atoms with Gasteiger partial charge in [0.2, 0.25) is 5.79 Å². The number of esters is 1. The minimum atomic E-state index is -2.43. The Morgan fingerprint density at radius 1 is 0.886 bits per heavy atom. The second-order valence-electron chi connectivity index (χ2n) is 20.7. The summed E-state index contributed by atoms with van der Waals surface area (Å²) in [5, 5.41) is 35.7. The number of amides is 1. The first-order valence-corrected chi connectivity index (χ1v) is 25.5. The van der Waals surface area contributed by atoms with E-state index in [2.05, 4.69) is 28.4 Å². The van der Waals surface area contributed by atoms with Crippen molar-refractivity contribution in [3.63, 3.8) is 0 Å². The number of rotatable bonds is 7. The number of ether oxygens (including phenoxy) is 5. The molecule has 5 rings (SSSR count). The molecule has 390 valence electrons. The smallest absolute Gasteiger partial charge is 0.329 e. The maximum absolute atomic E-state index is 14.5. The summed E-state index contributed by atoms with van der Waals surface area (Å²) in [4.78, 5) is 73.9. The van der Waals surface area contributed by atoms with Crippen LogP contribution in [0.25, 0.3) is 0 Å². The lowest BCUT2D eigenvalue weighted by molar-refractivity contribution is -0.265. The average Bonchev–Trinajstić information content (AvgIpc) is 3.90. The monoisotopic (exact) mass is 980 g/mol. The van der Waals surface area contributed by atoms with E-state index in [-0.39, 0.29) is 60.9 Å². The summed E-state index contributed by atoms with van der Waals surface area (Å²) in [5.74, 6) is -7.69. The van der Waals surface area contributed by atoms with Crippen LogP contribution in [0.3, 0.4) is 0 Å². The predicted molar refractivity (Wildman–Crippen MR) is 261 cm³/mol. The molecule has 1 aliphatic carbocycles. The van der Waals surface area contributed by atoms with E-state index in [4.69, 9.17) is 23.7 Å². The quantitative estimate of drug-likeness (QED) is 0.222. The van der Waals surface area contributed by atoms with Gasteiger partial charge in [-0.2, -0.15) is 4.80 Å². The number of aliphatic hydroxyl groups is 2. The van der Waals surface area contributed by atoms with Gasteiger partial charge in [0, 0.05) is 58.5 Å². The summed E-state index contributed by atoms with van der Waals surface area (Å²) in [5.41, 5.74) is 1.21. The van der Waals surface area contributed by atoms with Crippen molar-refractivity contribution in [2.75, 3.05) is 27.9 Å². The lowest BCUT2D eigenvalue weighted by Crippen LogP contribution is -2.61. The largest absolute Gasteiger partial charge is 0.460 e. The van der Waals surface area contributed by atoms with Crippen LogP contribution in [0, 0.1) is 35.5 Å². The molecule has 70 heavy (non-hydrogen) atoms. The van der Waals surface area contributed by atoms with Gasteiger partial charge in [-0.15, -0.1) is 10.2 Å². The molecule has 15 atom stereocenters. The molecule has 1 unspecified atom stereocenters. The number of aliphatic hydroxyl groups excluding tert-OH is 1. The summed E-state index contributed by atoms with van der Waals surface area (Å²) in [7, 11) is 4.63. The number of hydrogen-bond acceptors (Lipinski definition) is 15. The van der Waals surface area contributed by atoms with Crippen LogP contribution in [-0.4, -0.2) is 141 Å². The lowest BCUT2D eigenvalue weighted by atomic mass is 9.78. The highest BCUT2D eigenvalue weighted by molar-refractivity contribution is 6.39. The molecule has 2 saturated heterocycles. The SMILES string of the molecule is CO[C@H]1C[C@@H]2CC[C@@H](C)[C@@](O)(O2)C(=O)C(=O)N2CCCC[C@H]2C(=O)O[C@H]([C@H](C)C[C@@H]2CC[C@H](n3ncnn3)[C@H](OC)C2)CC(=O)C(C)=CC(C)[C@@H](O)[C@@H](OC)C(=O)[C@H](C)CC[C@H](C)C=CC=CC=C1C. The minimum absolute atomic E-state index is 0.0861. The molecule has 17 heteroatoms. The average molecular weight is 980 g/mol. The van der Waals surface area contributed by atoms with Crippen LogP contribution in [0.4, 0.5) is 0 Å². The van der Waals surface area contributed by atoms with Gasteiger partial charge in [0.25, 0.3) is 11.7 Å². The Hall–Kier alpha value is -4.26. The van der Waals surface area contributed by atoms with Gasteiger partial charge in [-0.05, 0) is 119 Å². The zero-order valence-electron chi connectivity index (χ0n) is 43.2. The third-order valence-electron chi connectivity index (χ3n) is 15.5. The van der Waals surface area contributed by atoms with E-state index in [9.17, 15) is 34.2 Å². The fourth-order valence-corrected chi connectivity index (χ4v) is 10.7. The molecule has 4 aliphatic rings. The van der Waals surface area contributed by atoms with Gasteiger partial charge in [-0.25, -0.2) is 4.79 Å². The predicted octanol–water partition coefficient (Wildman–Crippen LogP) is 6.44. The highest BCUT2D eigenvalue weighted by Gasteiger charge is 2.53. The Balaban J connectivity index is 1.45. The molecule has 2 bridgehead atoms. The summed E-state index contributed by atoms with van der Waals surface area (Å²) in [6.45, 7) is 12.9. The second-order valence-corrected chi connectivity index (χ2v) is 20.7. The molecule has 1 saturated carbocycles. The van der Waals surface area contributed by atoms with Crippen LogP contribution < -0.4 is 0 Å². The number of carbonyl (C=O) groups is 5. The molecular weight excluding hydrogens is 899 g/mol. The van der Waals surface area contributed by atoms with Crippen molar-refractivity contribution in [1.82, 2.24) is 25.1 Å². The van der Waals surface area contributed by atoms with Gasteiger partial charge in [-0.3, -0.25) is 19.2 Å². The van der Waals surface area contributed by atoms with Crippen LogP contribution in [0.1, 0.15) is 138 Å². The highest BCUT2D eigenvalue weighted by atomic mass is 16.6. The molecule has 1 aromatic rings. The Morgan fingerprint density at radius 3 is 2.33 bits per heavy atom. The van der Waals surface area contributed by atoms with Gasteiger partial charge in [0.1, 0.15) is 18.2 Å². The Morgan fingerprint density at radius 2 is 1.64 bits per heavy atom. The maximum atomic E-state index is 14.5. The van der Waals surface area contributed by atoms with Crippen molar-refractivity contribution in [3.05, 3.63) is 53.9 Å². The van der Waals surface area contributed by atoms with Gasteiger partial charge in [0.05, 0.1) is 30.5 Å². The number of cyclic esters (lactones) is 1. The lowest BCUT2D eigenvalue weighted by Gasteiger charge is -2.42. The number of allylic oxidation sites excluding steroid dienone is 6. The van der Waals surface area contributed by atoms with E-state index >= 15 is 0 Å². The van der Waals surface area contributed by atoms with Crippen molar-refractivity contribution in [3.8, 4) is 0 Å². The molecule has 0 aromatic carbocycles. The van der Waals surface area contributed by atoms with Crippen LogP contribution in [0.15, 0.2) is 53.9 Å². The first kappa shape index (κ1) is 56.7. The van der Waals surface area contributed by atoms with Crippen molar-refractivity contribution < 1.29 is 57.9 Å². The number of tetrazole rings is 1. The molecule has 4 heterocycles. The van der Waals surface area contributed by atoms with Crippen molar-refractivity contribution in [2.45, 2.75) is 186 Å². The number of carbonyl (C=O) groups excluding carboxylic acids is 5. The van der Waals surface area contributed by atoms with Crippen LogP contribution >= 0.6 is 0 Å². The Labute approximate surface area is 414 Å². The summed E-state index contributed by atoms with van der Waals surface area (Å²) in [6.07, 6.45) is 14.7. The van der Waals surface area contributed by atoms with E-state index in [1.165, 1.54) is 18.3 Å². The minimum Gasteiger partial charge on any atom is -0.460 e. The number of ketones is 3. The van der Waals surface area contributed by atoms with E-state index in [0.29, 0.717) is 56.9 Å². The number of hydrogen-bond donors (Lipinski definition) is 2. The van der Waals surface area contributed by atoms with Crippen molar-refractivity contribution >= 4 is 29.2 Å². The topological polar surface area (TPSA) is 219 Å². The van der Waals surface area contributed by atoms with Crippen LogP contribution in [0.5, 0.6) is 0 Å². The molecule has 3 aliphatic heterocycles. The molecule has 3 fully saturated rings. The molecule has 2 N–H and O–H groups in total. The van der Waals surface area contributed by atoms with E-state index in [1.807, 2.05) is 45.1 Å². The van der Waals surface area contributed by atoms with Crippen LogP contribution in [0.2, 0.25) is 0 Å². The first-order valence-electron chi connectivity index (χ1n) is 25.5. The van der Waals surface area contributed by atoms with E-state index in [1.54, 1.807) is 45.9 Å². The molecule has 1 aromatic heterocycles. The first-order chi connectivity index (χ1) is 33.3. The summed E-state index contributed by atoms with van der Waals surface area (Å²) in [6, 6.07) is -1.25. The number of aromatic nitrogens is 4. The molecule has 17 nitrogen and oxygen atoms in total. The van der Waals surface area contributed by atoms with Gasteiger partial charge >= 0.3 is 5.97 Å². The molecule has 0 radical (unpaired) electrons. The third-order valence-corrected chi connectivity index (χ3v) is 15.5. The Bertz CT molecular complexity index is 2040. The molecule has 1 amide bonds. The number of piperidine rings is 1. The van der Waals surface area contributed by atoms with Crippen LogP contribution in [-0.2, 0) is 47.7 Å². The fourth-order valence-electron chi connectivity index (χ4n) is 10.7. The number of fused-ring (bicyclic) bond motifs is 3. The molecular formula is C53H81N5O12. The normalized spacial score (nSPS) is 36.1. The maximum Gasteiger partial charge on any atom is 0.329 e. The Kier molecular flexibility index (Phi) is 21.4. The second kappa shape index (κ2) is 26.4. The fraction of sp³-hybridized carbons (Fsp3) is 0.736. The standard InChI is InChI=1S/C53H81N5O12/c1-32-16-12-11-13-17-33(2)44(66-8)29-40-23-21-38(7)53(65,70-40)50(62)51(63)57-25-15-14-18-42(57)52(64)69-45(36(5)27-39-22-24-41(46(28-39)67-9)58-55-31-54-56-58)30-43(59)35(4)26-37(6)48(61)49(68-10)47(60)34(3)20-19-32/h11-13,16-17,26,31-32,34,36-42,44-46,48-49,61,65H,14-15,18-25,27-30H2,1-10H3/t32-,34-,36-,37?,38-,39+,40+,41+,42+,44+,45+,46-,48-,49+,53-/m1/s1. The highest BCUT2D eigenvalue weighted by Crippen LogP contribution is 2.39. The van der Waals surface area contributed by atoms with Crippen molar-refractivity contribution in [1.29, 1.82) is 0 Å². The van der Waals surface area contributed by atoms with E-state index < -0.39 is 77.8 Å². The zero-order chi connectivity index (χ0) is 51.3. The number of methoxy groups -OCH3 is 3.